The molecule has 2 heterocycles. The fraction of sp³-hybridized carbons (Fsp3) is 0.571. The standard InChI is InChI=1S/C14H21N3O2S/c1-4-6-13-16-12-10-15-9-11(2)14(12)17(13)7-5-8-20(3,18)19/h9-10H,4-8H2,1-3H3. The van der Waals surface area contributed by atoms with Crippen molar-refractivity contribution >= 4 is 20.9 Å². The van der Waals surface area contributed by atoms with E-state index in [9.17, 15) is 8.42 Å². The van der Waals surface area contributed by atoms with Gasteiger partial charge in [-0.25, -0.2) is 13.4 Å². The Morgan fingerprint density at radius 1 is 1.30 bits per heavy atom. The number of sulfone groups is 1. The average molecular weight is 295 g/mol. The highest BCUT2D eigenvalue weighted by Gasteiger charge is 2.13. The van der Waals surface area contributed by atoms with Crippen LogP contribution in [-0.4, -0.2) is 35.0 Å². The normalized spacial score (nSPS) is 12.2. The summed E-state index contributed by atoms with van der Waals surface area (Å²) in [6.07, 6.45) is 7.40. The monoisotopic (exact) mass is 295 g/mol. The van der Waals surface area contributed by atoms with Crippen LogP contribution in [0.25, 0.3) is 11.0 Å². The SMILES string of the molecule is CCCc1nc2cncc(C)c2n1CCCS(C)(=O)=O. The molecular formula is C14H21N3O2S. The molecule has 5 nitrogen and oxygen atoms in total. The molecule has 2 rings (SSSR count). The Kier molecular flexibility index (Phi) is 4.42. The summed E-state index contributed by atoms with van der Waals surface area (Å²) in [6.45, 7) is 4.81. The van der Waals surface area contributed by atoms with Gasteiger partial charge in [0, 0.05) is 25.4 Å². The molecule has 0 N–H and O–H groups in total. The van der Waals surface area contributed by atoms with Crippen LogP contribution in [0.2, 0.25) is 0 Å². The number of hydrogen-bond donors (Lipinski definition) is 0. The third-order valence-electron chi connectivity index (χ3n) is 3.28. The van der Waals surface area contributed by atoms with Crippen molar-refractivity contribution in [2.75, 3.05) is 12.0 Å². The van der Waals surface area contributed by atoms with Gasteiger partial charge in [-0.2, -0.15) is 0 Å². The predicted molar refractivity (Wildman–Crippen MR) is 80.6 cm³/mol. The van der Waals surface area contributed by atoms with Crippen molar-refractivity contribution in [1.82, 2.24) is 14.5 Å². The van der Waals surface area contributed by atoms with Gasteiger partial charge in [-0.15, -0.1) is 0 Å². The molecule has 0 saturated heterocycles. The van der Waals surface area contributed by atoms with Gasteiger partial charge in [0.15, 0.2) is 0 Å². The van der Waals surface area contributed by atoms with Crippen LogP contribution in [0, 0.1) is 6.92 Å². The van der Waals surface area contributed by atoms with E-state index in [1.165, 1.54) is 6.26 Å². The van der Waals surface area contributed by atoms with Crippen LogP contribution in [-0.2, 0) is 22.8 Å². The summed E-state index contributed by atoms with van der Waals surface area (Å²) in [4.78, 5) is 8.80. The Labute approximate surface area is 120 Å². The first-order valence-electron chi connectivity index (χ1n) is 6.90. The Morgan fingerprint density at radius 3 is 2.70 bits per heavy atom. The summed E-state index contributed by atoms with van der Waals surface area (Å²) in [5.41, 5.74) is 3.06. The first kappa shape index (κ1) is 15.0. The van der Waals surface area contributed by atoms with E-state index in [4.69, 9.17) is 0 Å². The van der Waals surface area contributed by atoms with E-state index in [2.05, 4.69) is 21.5 Å². The van der Waals surface area contributed by atoms with Crippen LogP contribution in [0.4, 0.5) is 0 Å². The van der Waals surface area contributed by atoms with Gasteiger partial charge in [-0.3, -0.25) is 4.98 Å². The van der Waals surface area contributed by atoms with Crippen molar-refractivity contribution < 1.29 is 8.42 Å². The van der Waals surface area contributed by atoms with E-state index < -0.39 is 9.84 Å². The quantitative estimate of drug-likeness (QED) is 0.819. The van der Waals surface area contributed by atoms with E-state index in [0.717, 1.165) is 35.3 Å². The second kappa shape index (κ2) is 5.91. The second-order valence-corrected chi connectivity index (χ2v) is 7.50. The molecule has 0 bridgehead atoms. The molecule has 0 aliphatic carbocycles. The molecule has 0 saturated carbocycles. The van der Waals surface area contributed by atoms with E-state index in [1.807, 2.05) is 13.1 Å². The molecule has 0 aliphatic rings. The molecule has 6 heteroatoms. The highest BCUT2D eigenvalue weighted by Crippen LogP contribution is 2.20. The summed E-state index contributed by atoms with van der Waals surface area (Å²) in [5, 5.41) is 0. The number of imidazole rings is 1. The molecule has 20 heavy (non-hydrogen) atoms. The molecule has 2 aromatic heterocycles. The number of hydrogen-bond acceptors (Lipinski definition) is 4. The number of nitrogens with zero attached hydrogens (tertiary/aromatic N) is 3. The van der Waals surface area contributed by atoms with Crippen LogP contribution in [0.1, 0.15) is 31.2 Å². The second-order valence-electron chi connectivity index (χ2n) is 5.24. The van der Waals surface area contributed by atoms with Crippen molar-refractivity contribution in [2.24, 2.45) is 0 Å². The average Bonchev–Trinajstić information content (AvgIpc) is 2.68. The maximum Gasteiger partial charge on any atom is 0.147 e. The fourth-order valence-electron chi connectivity index (χ4n) is 2.45. The van der Waals surface area contributed by atoms with Gasteiger partial charge in [-0.1, -0.05) is 6.92 Å². The summed E-state index contributed by atoms with van der Waals surface area (Å²) in [7, 11) is -2.91. The van der Waals surface area contributed by atoms with Crippen LogP contribution in [0.15, 0.2) is 12.4 Å². The lowest BCUT2D eigenvalue weighted by atomic mass is 10.2. The van der Waals surface area contributed by atoms with Crippen LogP contribution >= 0.6 is 0 Å². The number of fused-ring (bicyclic) bond motifs is 1. The number of rotatable bonds is 6. The molecule has 0 fully saturated rings. The van der Waals surface area contributed by atoms with Crippen molar-refractivity contribution in [3.63, 3.8) is 0 Å². The maximum absolute atomic E-state index is 11.3. The zero-order valence-electron chi connectivity index (χ0n) is 12.3. The van der Waals surface area contributed by atoms with Gasteiger partial charge >= 0.3 is 0 Å². The topological polar surface area (TPSA) is 64.8 Å². The molecule has 2 aromatic rings. The molecule has 110 valence electrons. The minimum Gasteiger partial charge on any atom is -0.328 e. The van der Waals surface area contributed by atoms with E-state index >= 15 is 0 Å². The minimum atomic E-state index is -2.91. The molecule has 0 aromatic carbocycles. The molecule has 0 spiro atoms. The minimum absolute atomic E-state index is 0.211. The largest absolute Gasteiger partial charge is 0.328 e. The highest BCUT2D eigenvalue weighted by atomic mass is 32.2. The molecule has 0 unspecified atom stereocenters. The Bertz CT molecular complexity index is 705. The van der Waals surface area contributed by atoms with Gasteiger partial charge in [0.2, 0.25) is 0 Å². The smallest absolute Gasteiger partial charge is 0.147 e. The molecular weight excluding hydrogens is 274 g/mol. The first-order valence-corrected chi connectivity index (χ1v) is 8.96. The molecule has 0 amide bonds. The fourth-order valence-corrected chi connectivity index (χ4v) is 3.10. The number of aromatic nitrogens is 3. The third-order valence-corrected chi connectivity index (χ3v) is 4.31. The lowest BCUT2D eigenvalue weighted by Crippen LogP contribution is -2.10. The molecule has 0 radical (unpaired) electrons. The summed E-state index contributed by atoms with van der Waals surface area (Å²) < 4.78 is 24.7. The van der Waals surface area contributed by atoms with Gasteiger partial charge in [0.25, 0.3) is 0 Å². The van der Waals surface area contributed by atoms with E-state index in [-0.39, 0.29) is 5.75 Å². The maximum atomic E-state index is 11.3. The summed E-state index contributed by atoms with van der Waals surface area (Å²) in [6, 6.07) is 0. The van der Waals surface area contributed by atoms with Gasteiger partial charge in [-0.05, 0) is 25.3 Å². The van der Waals surface area contributed by atoms with Crippen LogP contribution in [0.5, 0.6) is 0 Å². The lowest BCUT2D eigenvalue weighted by molar-refractivity contribution is 0.589. The van der Waals surface area contributed by atoms with Crippen LogP contribution < -0.4 is 0 Å². The van der Waals surface area contributed by atoms with Crippen molar-refractivity contribution in [3.05, 3.63) is 23.8 Å². The number of pyridine rings is 1. The van der Waals surface area contributed by atoms with E-state index in [1.54, 1.807) is 6.20 Å². The molecule has 0 atom stereocenters. The Balaban J connectivity index is 2.35. The molecule has 0 aliphatic heterocycles. The summed E-state index contributed by atoms with van der Waals surface area (Å²) >= 11 is 0. The Morgan fingerprint density at radius 2 is 2.05 bits per heavy atom. The Hall–Kier alpha value is -1.43. The van der Waals surface area contributed by atoms with Gasteiger partial charge in [0.05, 0.1) is 17.5 Å². The lowest BCUT2D eigenvalue weighted by Gasteiger charge is -2.09. The van der Waals surface area contributed by atoms with Crippen molar-refractivity contribution in [3.8, 4) is 0 Å². The van der Waals surface area contributed by atoms with E-state index in [0.29, 0.717) is 13.0 Å². The third kappa shape index (κ3) is 3.36. The van der Waals surface area contributed by atoms with Crippen molar-refractivity contribution in [2.45, 2.75) is 39.7 Å². The van der Waals surface area contributed by atoms with Crippen molar-refractivity contribution in [1.29, 1.82) is 0 Å². The highest BCUT2D eigenvalue weighted by molar-refractivity contribution is 7.90. The zero-order valence-corrected chi connectivity index (χ0v) is 13.1. The zero-order chi connectivity index (χ0) is 14.8. The predicted octanol–water partition coefficient (Wildman–Crippen LogP) is 2.13. The first-order chi connectivity index (χ1) is 9.42. The van der Waals surface area contributed by atoms with Crippen LogP contribution in [0.3, 0.4) is 0 Å². The summed E-state index contributed by atoms with van der Waals surface area (Å²) in [5.74, 6) is 1.23. The van der Waals surface area contributed by atoms with Gasteiger partial charge < -0.3 is 4.57 Å². The van der Waals surface area contributed by atoms with Gasteiger partial charge in [0.1, 0.15) is 21.2 Å². The number of aryl methyl sites for hydroxylation is 3.